The van der Waals surface area contributed by atoms with Crippen molar-refractivity contribution in [3.8, 4) is 0 Å². The quantitative estimate of drug-likeness (QED) is 0.529. The molecule has 7 heteroatoms. The molecule has 0 N–H and O–H groups in total. The Labute approximate surface area is 155 Å². The maximum Gasteiger partial charge on any atom is 0.410 e. The van der Waals surface area contributed by atoms with Crippen molar-refractivity contribution in [3.63, 3.8) is 0 Å². The Morgan fingerprint density at radius 2 is 1.88 bits per heavy atom. The van der Waals surface area contributed by atoms with E-state index in [1.165, 1.54) is 4.90 Å². The molecule has 0 aromatic heterocycles. The molecule has 1 atom stereocenters. The first-order valence-electron chi connectivity index (χ1n) is 8.27. The minimum Gasteiger partial charge on any atom is -0.456 e. The molecule has 1 amide bonds. The highest BCUT2D eigenvalue weighted by atomic mass is 79.9. The lowest BCUT2D eigenvalue weighted by molar-refractivity contribution is -0.147. The maximum absolute atomic E-state index is 12.3. The van der Waals surface area contributed by atoms with Crippen molar-refractivity contribution in [2.24, 2.45) is 5.92 Å². The van der Waals surface area contributed by atoms with Crippen molar-refractivity contribution in [1.29, 1.82) is 0 Å². The van der Waals surface area contributed by atoms with E-state index in [4.69, 9.17) is 9.47 Å². The van der Waals surface area contributed by atoms with E-state index in [2.05, 4.69) is 15.9 Å². The molecule has 1 saturated heterocycles. The predicted octanol–water partition coefficient (Wildman–Crippen LogP) is 3.43. The zero-order valence-corrected chi connectivity index (χ0v) is 16.0. The van der Waals surface area contributed by atoms with Gasteiger partial charge in [-0.05, 0) is 30.9 Å². The van der Waals surface area contributed by atoms with Crippen LogP contribution in [0.5, 0.6) is 0 Å². The van der Waals surface area contributed by atoms with Gasteiger partial charge in [-0.2, -0.15) is 0 Å². The van der Waals surface area contributed by atoms with Crippen LogP contribution in [-0.2, 0) is 14.3 Å². The highest BCUT2D eigenvalue weighted by molar-refractivity contribution is 9.10. The number of benzene rings is 1. The molecule has 1 heterocycles. The molecule has 0 radical (unpaired) electrons. The van der Waals surface area contributed by atoms with Gasteiger partial charge in [0.15, 0.2) is 12.4 Å². The fourth-order valence-electron chi connectivity index (χ4n) is 2.50. The van der Waals surface area contributed by atoms with Gasteiger partial charge in [0.1, 0.15) is 6.04 Å². The summed E-state index contributed by atoms with van der Waals surface area (Å²) in [4.78, 5) is 37.8. The van der Waals surface area contributed by atoms with Crippen LogP contribution >= 0.6 is 15.9 Å². The SMILES string of the molecule is CC(C)COC(=O)N1CCC[C@@H]1C(=O)OCC(=O)c1ccc(Br)cc1. The van der Waals surface area contributed by atoms with Gasteiger partial charge in [0.2, 0.25) is 0 Å². The Kier molecular flexibility index (Phi) is 6.99. The van der Waals surface area contributed by atoms with Gasteiger partial charge >= 0.3 is 12.1 Å². The van der Waals surface area contributed by atoms with Crippen LogP contribution < -0.4 is 0 Å². The third kappa shape index (κ3) is 5.56. The van der Waals surface area contributed by atoms with Crippen LogP contribution in [0.25, 0.3) is 0 Å². The van der Waals surface area contributed by atoms with Crippen molar-refractivity contribution < 1.29 is 23.9 Å². The molecule has 25 heavy (non-hydrogen) atoms. The molecule has 1 aliphatic rings. The van der Waals surface area contributed by atoms with E-state index in [9.17, 15) is 14.4 Å². The molecule has 1 fully saturated rings. The van der Waals surface area contributed by atoms with Crippen LogP contribution in [0.4, 0.5) is 4.79 Å². The van der Waals surface area contributed by atoms with Gasteiger partial charge in [0.05, 0.1) is 6.61 Å². The molecule has 6 nitrogen and oxygen atoms in total. The highest BCUT2D eigenvalue weighted by Crippen LogP contribution is 2.20. The summed E-state index contributed by atoms with van der Waals surface area (Å²) in [6, 6.07) is 6.13. The maximum atomic E-state index is 12.3. The second-order valence-electron chi connectivity index (χ2n) is 6.36. The van der Waals surface area contributed by atoms with E-state index in [0.29, 0.717) is 31.6 Å². The van der Waals surface area contributed by atoms with Crippen molar-refractivity contribution in [2.45, 2.75) is 32.7 Å². The highest BCUT2D eigenvalue weighted by Gasteiger charge is 2.36. The van der Waals surface area contributed by atoms with Crippen molar-refractivity contribution >= 4 is 33.8 Å². The van der Waals surface area contributed by atoms with E-state index in [1.807, 2.05) is 13.8 Å². The molecule has 0 bridgehead atoms. The number of Topliss-reactive ketones (excluding diaryl/α,β-unsaturated/α-hetero) is 1. The zero-order chi connectivity index (χ0) is 18.4. The molecule has 2 rings (SSSR count). The molecule has 1 aromatic carbocycles. The van der Waals surface area contributed by atoms with Gasteiger partial charge in [-0.15, -0.1) is 0 Å². The number of nitrogens with zero attached hydrogens (tertiary/aromatic N) is 1. The average Bonchev–Trinajstić information content (AvgIpc) is 3.07. The molecule has 0 saturated carbocycles. The number of halogens is 1. The molecule has 0 aliphatic carbocycles. The van der Waals surface area contributed by atoms with Crippen LogP contribution in [0, 0.1) is 5.92 Å². The number of likely N-dealkylation sites (tertiary alicyclic amines) is 1. The fraction of sp³-hybridized carbons (Fsp3) is 0.500. The van der Waals surface area contributed by atoms with Gasteiger partial charge in [0, 0.05) is 16.6 Å². The van der Waals surface area contributed by atoms with Crippen LogP contribution in [0.1, 0.15) is 37.0 Å². The minimum absolute atomic E-state index is 0.223. The van der Waals surface area contributed by atoms with Crippen LogP contribution in [-0.4, -0.2) is 48.5 Å². The Morgan fingerprint density at radius 1 is 1.20 bits per heavy atom. The molecule has 1 aliphatic heterocycles. The number of ether oxygens (including phenoxy) is 2. The van der Waals surface area contributed by atoms with Gasteiger partial charge in [-0.1, -0.05) is 41.9 Å². The third-order valence-electron chi connectivity index (χ3n) is 3.81. The normalized spacial score (nSPS) is 16.8. The summed E-state index contributed by atoms with van der Waals surface area (Å²) in [6.07, 6.45) is 0.714. The summed E-state index contributed by atoms with van der Waals surface area (Å²) in [5.41, 5.74) is 0.468. The number of rotatable bonds is 6. The molecular formula is C18H22BrNO5. The number of carbonyl (C=O) groups excluding carboxylic acids is 3. The topological polar surface area (TPSA) is 72.9 Å². The van der Waals surface area contributed by atoms with E-state index in [-0.39, 0.29) is 18.3 Å². The summed E-state index contributed by atoms with van der Waals surface area (Å²) in [7, 11) is 0. The molecule has 0 spiro atoms. The summed E-state index contributed by atoms with van der Waals surface area (Å²) < 4.78 is 11.2. The van der Waals surface area contributed by atoms with Crippen molar-refractivity contribution in [2.75, 3.05) is 19.8 Å². The first-order chi connectivity index (χ1) is 11.9. The lowest BCUT2D eigenvalue weighted by Gasteiger charge is -2.23. The first-order valence-corrected chi connectivity index (χ1v) is 9.06. The smallest absolute Gasteiger partial charge is 0.410 e. The number of ketones is 1. The monoisotopic (exact) mass is 411 g/mol. The van der Waals surface area contributed by atoms with Crippen LogP contribution in [0.15, 0.2) is 28.7 Å². The lowest BCUT2D eigenvalue weighted by atomic mass is 10.1. The van der Waals surface area contributed by atoms with Gasteiger partial charge in [-0.25, -0.2) is 9.59 Å². The summed E-state index contributed by atoms with van der Waals surface area (Å²) in [5, 5.41) is 0. The summed E-state index contributed by atoms with van der Waals surface area (Å²) in [6.45, 7) is 4.30. The van der Waals surface area contributed by atoms with E-state index < -0.39 is 18.1 Å². The Morgan fingerprint density at radius 3 is 2.52 bits per heavy atom. The number of hydrogen-bond donors (Lipinski definition) is 0. The summed E-state index contributed by atoms with van der Waals surface area (Å²) >= 11 is 3.30. The Hall–Kier alpha value is -1.89. The van der Waals surface area contributed by atoms with Gasteiger partial charge < -0.3 is 9.47 Å². The fourth-order valence-corrected chi connectivity index (χ4v) is 2.77. The third-order valence-corrected chi connectivity index (χ3v) is 4.34. The predicted molar refractivity (Wildman–Crippen MR) is 95.3 cm³/mol. The average molecular weight is 412 g/mol. The van der Waals surface area contributed by atoms with Crippen molar-refractivity contribution in [1.82, 2.24) is 4.90 Å². The van der Waals surface area contributed by atoms with E-state index >= 15 is 0 Å². The summed E-state index contributed by atoms with van der Waals surface area (Å²) in [5.74, 6) is -0.627. The second-order valence-corrected chi connectivity index (χ2v) is 7.28. The van der Waals surface area contributed by atoms with Gasteiger partial charge in [0.25, 0.3) is 0 Å². The zero-order valence-electron chi connectivity index (χ0n) is 14.4. The molecular weight excluding hydrogens is 390 g/mol. The second kappa shape index (κ2) is 8.99. The number of amides is 1. The number of carbonyl (C=O) groups is 3. The largest absolute Gasteiger partial charge is 0.456 e. The van der Waals surface area contributed by atoms with Gasteiger partial charge in [-0.3, -0.25) is 9.69 Å². The number of hydrogen-bond acceptors (Lipinski definition) is 5. The van der Waals surface area contributed by atoms with E-state index in [1.54, 1.807) is 24.3 Å². The molecule has 1 aromatic rings. The van der Waals surface area contributed by atoms with Crippen LogP contribution in [0.3, 0.4) is 0 Å². The van der Waals surface area contributed by atoms with Crippen molar-refractivity contribution in [3.05, 3.63) is 34.3 Å². The first kappa shape index (κ1) is 19.4. The molecule has 136 valence electrons. The van der Waals surface area contributed by atoms with E-state index in [0.717, 1.165) is 4.47 Å². The molecule has 0 unspecified atom stereocenters. The Bertz CT molecular complexity index is 629. The lowest BCUT2D eigenvalue weighted by Crippen LogP contribution is -2.42. The standard InChI is InChI=1S/C18H22BrNO5/c1-12(2)10-25-18(23)20-9-3-4-15(20)17(22)24-11-16(21)13-5-7-14(19)8-6-13/h5-8,12,15H,3-4,9-11H2,1-2H3/t15-/m1/s1. The minimum atomic E-state index is -0.683. The number of esters is 1. The Balaban J connectivity index is 1.87. The van der Waals surface area contributed by atoms with Crippen LogP contribution in [0.2, 0.25) is 0 Å².